The molecule has 0 atom stereocenters. The minimum atomic E-state index is -0.492. The van der Waals surface area contributed by atoms with E-state index in [1.807, 2.05) is 12.4 Å². The van der Waals surface area contributed by atoms with Crippen LogP contribution in [0.2, 0.25) is 0 Å². The van der Waals surface area contributed by atoms with Crippen LogP contribution >= 0.6 is 0 Å². The molecule has 0 unspecified atom stereocenters. The van der Waals surface area contributed by atoms with Gasteiger partial charge in [0.05, 0.1) is 40.2 Å². The third-order valence-electron chi connectivity index (χ3n) is 13.3. The van der Waals surface area contributed by atoms with Crippen LogP contribution in [-0.2, 0) is 10.8 Å². The fourth-order valence-corrected chi connectivity index (χ4v) is 10.1. The number of hydrogen-bond donors (Lipinski definition) is 0. The van der Waals surface area contributed by atoms with Gasteiger partial charge in [-0.3, -0.25) is 0 Å². The zero-order chi connectivity index (χ0) is 44.8. The molecule has 9 aromatic rings. The molecule has 0 saturated heterocycles. The van der Waals surface area contributed by atoms with Crippen LogP contribution in [0.1, 0.15) is 55.0 Å². The van der Waals surface area contributed by atoms with Gasteiger partial charge in [-0.25, -0.2) is 9.97 Å². The smallest absolute Gasteiger partial charge is 0.159 e. The third-order valence-corrected chi connectivity index (χ3v) is 13.3. The van der Waals surface area contributed by atoms with E-state index in [2.05, 4.69) is 249 Å². The van der Waals surface area contributed by atoms with Gasteiger partial charge in [0, 0.05) is 27.7 Å². The van der Waals surface area contributed by atoms with Crippen molar-refractivity contribution in [2.45, 2.75) is 38.0 Å². The zero-order valence-electron chi connectivity index (χ0n) is 37.6. The summed E-state index contributed by atoms with van der Waals surface area (Å²) in [4.78, 5) is 12.3. The van der Waals surface area contributed by atoms with E-state index < -0.39 is 5.41 Å². The van der Waals surface area contributed by atoms with E-state index in [1.165, 1.54) is 44.3 Å². The van der Waals surface area contributed by atoms with Gasteiger partial charge in [-0.15, -0.1) is 0 Å². The Morgan fingerprint density at radius 3 is 1.97 bits per heavy atom. The Hall–Kier alpha value is -8.08. The van der Waals surface area contributed by atoms with Crippen LogP contribution in [0.15, 0.2) is 243 Å². The van der Waals surface area contributed by atoms with E-state index in [4.69, 9.17) is 9.97 Å². The first kappa shape index (κ1) is 40.7. The molecule has 0 fully saturated rings. The Morgan fingerprint density at radius 2 is 1.23 bits per heavy atom. The highest BCUT2D eigenvalue weighted by Gasteiger charge is 2.46. The Labute approximate surface area is 387 Å². The number of fused-ring (bicyclic) bond motifs is 6. The predicted molar refractivity (Wildman–Crippen MR) is 276 cm³/mol. The van der Waals surface area contributed by atoms with Crippen LogP contribution in [0.5, 0.6) is 0 Å². The Bertz CT molecular complexity index is 3370. The molecular weight excluding hydrogens is 801 g/mol. The largest absolute Gasteiger partial charge is 0.309 e. The molecule has 4 nitrogen and oxygen atoms in total. The highest BCUT2D eigenvalue weighted by molar-refractivity contribution is 6.10. The van der Waals surface area contributed by atoms with Gasteiger partial charge in [-0.05, 0) is 111 Å². The first-order valence-corrected chi connectivity index (χ1v) is 22.8. The van der Waals surface area contributed by atoms with E-state index in [0.29, 0.717) is 5.82 Å². The van der Waals surface area contributed by atoms with Gasteiger partial charge in [0.15, 0.2) is 5.82 Å². The number of benzene rings is 7. The van der Waals surface area contributed by atoms with Crippen molar-refractivity contribution in [1.29, 1.82) is 0 Å². The lowest BCUT2D eigenvalue weighted by atomic mass is 9.67. The van der Waals surface area contributed by atoms with E-state index in [1.54, 1.807) is 0 Å². The van der Waals surface area contributed by atoms with Gasteiger partial charge in [0.25, 0.3) is 0 Å². The highest BCUT2D eigenvalue weighted by Crippen LogP contribution is 2.56. The van der Waals surface area contributed by atoms with E-state index in [-0.39, 0.29) is 5.41 Å². The van der Waals surface area contributed by atoms with Crippen molar-refractivity contribution in [1.82, 2.24) is 14.5 Å². The molecule has 2 aliphatic rings. The summed E-state index contributed by atoms with van der Waals surface area (Å²) in [7, 11) is 0. The molecule has 7 aromatic carbocycles. The minimum absolute atomic E-state index is 0.0307. The normalized spacial score (nSPS) is 16.5. The molecule has 0 bridgehead atoms. The van der Waals surface area contributed by atoms with E-state index in [0.717, 1.165) is 56.7 Å². The molecule has 0 aliphatic heterocycles. The van der Waals surface area contributed by atoms with Crippen LogP contribution < -0.4 is 4.90 Å². The summed E-state index contributed by atoms with van der Waals surface area (Å²) >= 11 is 0. The van der Waals surface area contributed by atoms with Crippen LogP contribution in [0, 0.1) is 0 Å². The van der Waals surface area contributed by atoms with Gasteiger partial charge >= 0.3 is 0 Å². The number of para-hydroxylation sites is 1. The summed E-state index contributed by atoms with van der Waals surface area (Å²) in [6.07, 6.45) is 19.4. The summed E-state index contributed by atoms with van der Waals surface area (Å²) in [6.45, 7) is 11.2. The predicted octanol–water partition coefficient (Wildman–Crippen LogP) is 15.6. The molecule has 2 heterocycles. The SMILES string of the molecule is C=C1/C=C\C=C/C/C=C\C=C/1N(c1ccc(C(C)(C)C)cc1)c1cnc(-c2ccc3c(c2)c2ccccc2n3-c2ccc3c(c2)C(c2ccccc2)(c2ccccc2)c2ccccc2-3)nc1. The number of nitrogens with zero attached hydrogens (tertiary/aromatic N) is 4. The molecule has 0 amide bonds. The molecule has 0 spiro atoms. The second kappa shape index (κ2) is 16.5. The minimum Gasteiger partial charge on any atom is -0.309 e. The summed E-state index contributed by atoms with van der Waals surface area (Å²) in [6, 6.07) is 62.1. The highest BCUT2D eigenvalue weighted by atomic mass is 15.2. The lowest BCUT2D eigenvalue weighted by molar-refractivity contribution is 0.590. The van der Waals surface area contributed by atoms with Gasteiger partial charge in [0.1, 0.15) is 0 Å². The average Bonchev–Trinajstić information content (AvgIpc) is 3.85. The van der Waals surface area contributed by atoms with Crippen LogP contribution in [0.4, 0.5) is 11.4 Å². The van der Waals surface area contributed by atoms with Crippen LogP contribution in [0.3, 0.4) is 0 Å². The van der Waals surface area contributed by atoms with E-state index in [9.17, 15) is 0 Å². The van der Waals surface area contributed by atoms with Crippen molar-refractivity contribution in [3.05, 3.63) is 270 Å². The third kappa shape index (κ3) is 6.85. The van der Waals surface area contributed by atoms with Crippen molar-refractivity contribution in [2.24, 2.45) is 0 Å². The fourth-order valence-electron chi connectivity index (χ4n) is 10.1. The van der Waals surface area contributed by atoms with Crippen molar-refractivity contribution < 1.29 is 0 Å². The fraction of sp³-hybridized carbons (Fsp3) is 0.0968. The molecule has 0 radical (unpaired) electrons. The molecule has 11 rings (SSSR count). The molecule has 2 aliphatic carbocycles. The Balaban J connectivity index is 1.02. The second-order valence-electron chi connectivity index (χ2n) is 18.3. The Morgan fingerprint density at radius 1 is 0.576 bits per heavy atom. The number of hydrogen-bond acceptors (Lipinski definition) is 3. The number of aromatic nitrogens is 3. The maximum absolute atomic E-state index is 5.07. The van der Waals surface area contributed by atoms with E-state index >= 15 is 0 Å². The number of rotatable bonds is 7. The number of anilines is 2. The second-order valence-corrected chi connectivity index (χ2v) is 18.3. The lowest BCUT2D eigenvalue weighted by Crippen LogP contribution is -2.28. The summed E-state index contributed by atoms with van der Waals surface area (Å²) < 4.78 is 2.42. The maximum atomic E-state index is 5.07. The molecular formula is C62H50N4. The van der Waals surface area contributed by atoms with Gasteiger partial charge in [-0.1, -0.05) is 185 Å². The van der Waals surface area contributed by atoms with Crippen molar-refractivity contribution in [3.8, 4) is 28.2 Å². The zero-order valence-corrected chi connectivity index (χ0v) is 37.6. The molecule has 4 heteroatoms. The van der Waals surface area contributed by atoms with Crippen LogP contribution in [0.25, 0.3) is 50.0 Å². The van der Waals surface area contributed by atoms with Crippen molar-refractivity contribution in [2.75, 3.05) is 4.90 Å². The standard InChI is InChI=1S/C62H50N4/c1-43-21-11-7-5-6-8-16-29-57(43)65(48-34-32-45(33-35-48)61(2,3)4)50-41-63-60(64-42-50)44-31-38-59-54(39-44)53-27-18-20-30-58(53)66(59)49-36-37-52-51-26-17-19-28-55(51)62(56(52)40-49,46-22-12-9-13-23-46)47-24-14-10-15-25-47/h5,7-42H,1,6H2,2-4H3/b7-5-,16-8-,21-11-,57-29+. The molecule has 0 saturated carbocycles. The van der Waals surface area contributed by atoms with Gasteiger partial charge < -0.3 is 9.47 Å². The molecule has 0 N–H and O–H groups in total. The molecule has 2 aromatic heterocycles. The quantitative estimate of drug-likeness (QED) is 0.160. The maximum Gasteiger partial charge on any atom is 0.159 e. The number of allylic oxidation sites excluding steroid dienone is 7. The van der Waals surface area contributed by atoms with Crippen molar-refractivity contribution in [3.63, 3.8) is 0 Å². The average molecular weight is 851 g/mol. The topological polar surface area (TPSA) is 34.0 Å². The van der Waals surface area contributed by atoms with Gasteiger partial charge in [-0.2, -0.15) is 0 Å². The summed E-state index contributed by atoms with van der Waals surface area (Å²) in [5.41, 5.74) is 16.5. The molecule has 66 heavy (non-hydrogen) atoms. The first-order valence-electron chi connectivity index (χ1n) is 22.8. The lowest BCUT2D eigenvalue weighted by Gasteiger charge is -2.34. The van der Waals surface area contributed by atoms with Gasteiger partial charge in [0.2, 0.25) is 0 Å². The first-order chi connectivity index (χ1) is 32.3. The summed E-state index contributed by atoms with van der Waals surface area (Å²) in [5.74, 6) is 0.662. The van der Waals surface area contributed by atoms with Crippen LogP contribution in [-0.4, -0.2) is 14.5 Å². The van der Waals surface area contributed by atoms with Crippen molar-refractivity contribution >= 4 is 33.2 Å². The molecule has 318 valence electrons. The monoisotopic (exact) mass is 850 g/mol. The Kier molecular flexibility index (Phi) is 10.2. The summed E-state index contributed by atoms with van der Waals surface area (Å²) in [5, 5.41) is 2.32.